The molecular formula is C28H26N2O4. The lowest BCUT2D eigenvalue weighted by molar-refractivity contribution is -0.145. The number of ether oxygens (including phenoxy) is 3. The van der Waals surface area contributed by atoms with Gasteiger partial charge in [-0.3, -0.25) is 0 Å². The third-order valence-electron chi connectivity index (χ3n) is 6.04. The third-order valence-corrected chi connectivity index (χ3v) is 6.04. The lowest BCUT2D eigenvalue weighted by atomic mass is 9.84. The second-order valence-electron chi connectivity index (χ2n) is 7.98. The predicted molar refractivity (Wildman–Crippen MR) is 133 cm³/mol. The highest BCUT2D eigenvalue weighted by molar-refractivity contribution is 5.89. The molecule has 34 heavy (non-hydrogen) atoms. The molecule has 0 aliphatic rings. The first-order valence-electron chi connectivity index (χ1n) is 11.3. The van der Waals surface area contributed by atoms with Gasteiger partial charge in [-0.05, 0) is 36.2 Å². The van der Waals surface area contributed by atoms with Gasteiger partial charge in [-0.25, -0.2) is 4.79 Å². The molecule has 0 unspecified atom stereocenters. The van der Waals surface area contributed by atoms with Gasteiger partial charge in [0.2, 0.25) is 0 Å². The molecule has 0 aliphatic heterocycles. The van der Waals surface area contributed by atoms with Crippen LogP contribution in [0.15, 0.2) is 79.1 Å². The van der Waals surface area contributed by atoms with Crippen molar-refractivity contribution in [1.29, 1.82) is 0 Å². The molecule has 0 amide bonds. The molecule has 6 nitrogen and oxygen atoms in total. The number of fused-ring (bicyclic) bond motifs is 2. The Morgan fingerprint density at radius 2 is 1.44 bits per heavy atom. The summed E-state index contributed by atoms with van der Waals surface area (Å²) in [5.74, 6) is 0.486. The summed E-state index contributed by atoms with van der Waals surface area (Å²) in [7, 11) is 1.60. The highest BCUT2D eigenvalue weighted by Crippen LogP contribution is 2.45. The fourth-order valence-electron chi connectivity index (χ4n) is 4.58. The Bertz CT molecular complexity index is 1380. The number of carbonyl (C=O) groups is 1. The molecule has 2 N–H and O–H groups in total. The zero-order valence-corrected chi connectivity index (χ0v) is 19.1. The number of para-hydroxylation sites is 3. The number of nitrogens with one attached hydrogen (secondary N) is 2. The van der Waals surface area contributed by atoms with Gasteiger partial charge in [0.05, 0.1) is 13.7 Å². The maximum absolute atomic E-state index is 12.1. The van der Waals surface area contributed by atoms with Gasteiger partial charge in [0.15, 0.2) is 18.1 Å². The van der Waals surface area contributed by atoms with Crippen molar-refractivity contribution in [2.45, 2.75) is 12.8 Å². The van der Waals surface area contributed by atoms with Crippen LogP contribution in [0.3, 0.4) is 0 Å². The highest BCUT2D eigenvalue weighted by atomic mass is 16.6. The van der Waals surface area contributed by atoms with Crippen LogP contribution in [-0.4, -0.2) is 36.3 Å². The van der Waals surface area contributed by atoms with E-state index >= 15 is 0 Å². The molecular weight excluding hydrogens is 428 g/mol. The first kappa shape index (κ1) is 21.6. The zero-order chi connectivity index (χ0) is 23.5. The number of esters is 1. The van der Waals surface area contributed by atoms with E-state index in [1.165, 1.54) is 0 Å². The van der Waals surface area contributed by atoms with Crippen LogP contribution in [0, 0.1) is 0 Å². The van der Waals surface area contributed by atoms with Crippen LogP contribution in [0.4, 0.5) is 0 Å². The largest absolute Gasteiger partial charge is 0.493 e. The summed E-state index contributed by atoms with van der Waals surface area (Å²) in [5.41, 5.74) is 5.22. The van der Waals surface area contributed by atoms with E-state index in [0.29, 0.717) is 18.1 Å². The summed E-state index contributed by atoms with van der Waals surface area (Å²) in [6.07, 6.45) is 4.09. The van der Waals surface area contributed by atoms with Crippen molar-refractivity contribution in [1.82, 2.24) is 9.97 Å². The minimum Gasteiger partial charge on any atom is -0.493 e. The summed E-state index contributed by atoms with van der Waals surface area (Å²) < 4.78 is 16.8. The smallest absolute Gasteiger partial charge is 0.344 e. The molecule has 2 heterocycles. The molecule has 172 valence electrons. The van der Waals surface area contributed by atoms with E-state index in [9.17, 15) is 4.79 Å². The molecule has 0 spiro atoms. The van der Waals surface area contributed by atoms with E-state index in [-0.39, 0.29) is 12.5 Å². The number of H-pyrrole nitrogens is 2. The fraction of sp³-hybridized carbons (Fsp3) is 0.179. The maximum Gasteiger partial charge on any atom is 0.344 e. The molecule has 0 radical (unpaired) electrons. The van der Waals surface area contributed by atoms with Gasteiger partial charge < -0.3 is 24.2 Å². The van der Waals surface area contributed by atoms with Crippen molar-refractivity contribution in [2.24, 2.45) is 0 Å². The summed E-state index contributed by atoms with van der Waals surface area (Å²) in [5, 5.41) is 2.24. The average Bonchev–Trinajstić information content (AvgIpc) is 3.49. The van der Waals surface area contributed by atoms with Crippen molar-refractivity contribution in [2.75, 3.05) is 20.3 Å². The van der Waals surface area contributed by atoms with Crippen LogP contribution in [-0.2, 0) is 9.53 Å². The van der Waals surface area contributed by atoms with Gasteiger partial charge in [-0.2, -0.15) is 0 Å². The minimum atomic E-state index is -0.421. The maximum atomic E-state index is 12.1. The number of aromatic amines is 2. The molecule has 5 aromatic rings. The number of carbonyl (C=O) groups excluding carboxylic acids is 1. The van der Waals surface area contributed by atoms with Gasteiger partial charge in [0.25, 0.3) is 0 Å². The number of hydrogen-bond donors (Lipinski definition) is 2. The normalized spacial score (nSPS) is 11.3. The first-order chi connectivity index (χ1) is 16.7. The van der Waals surface area contributed by atoms with E-state index in [2.05, 4.69) is 34.2 Å². The van der Waals surface area contributed by atoms with Crippen molar-refractivity contribution in [3.8, 4) is 11.5 Å². The Hall–Kier alpha value is -4.19. The number of rotatable bonds is 8. The third kappa shape index (κ3) is 3.88. The van der Waals surface area contributed by atoms with Crippen LogP contribution in [0.1, 0.15) is 29.5 Å². The number of hydrogen-bond acceptors (Lipinski definition) is 4. The van der Waals surface area contributed by atoms with Crippen molar-refractivity contribution >= 4 is 27.8 Å². The van der Waals surface area contributed by atoms with Crippen LogP contribution >= 0.6 is 0 Å². The second kappa shape index (κ2) is 9.35. The van der Waals surface area contributed by atoms with Crippen molar-refractivity contribution in [3.05, 3.63) is 95.8 Å². The Morgan fingerprint density at radius 3 is 2.03 bits per heavy atom. The lowest BCUT2D eigenvalue weighted by Crippen LogP contribution is -2.16. The van der Waals surface area contributed by atoms with E-state index < -0.39 is 5.97 Å². The van der Waals surface area contributed by atoms with E-state index in [1.54, 1.807) is 14.0 Å². The van der Waals surface area contributed by atoms with Gasteiger partial charge in [0, 0.05) is 45.7 Å². The molecule has 0 aliphatic carbocycles. The molecule has 0 saturated heterocycles. The topological polar surface area (TPSA) is 76.3 Å². The molecule has 0 saturated carbocycles. The van der Waals surface area contributed by atoms with Gasteiger partial charge >= 0.3 is 5.97 Å². The average molecular weight is 455 g/mol. The first-order valence-corrected chi connectivity index (χ1v) is 11.3. The summed E-state index contributed by atoms with van der Waals surface area (Å²) in [4.78, 5) is 18.9. The number of methoxy groups -OCH3 is 1. The van der Waals surface area contributed by atoms with Crippen LogP contribution in [0.5, 0.6) is 11.5 Å². The minimum absolute atomic E-state index is 0.181. The molecule has 5 rings (SSSR count). The zero-order valence-electron chi connectivity index (χ0n) is 19.1. The van der Waals surface area contributed by atoms with Crippen molar-refractivity contribution < 1.29 is 19.0 Å². The number of benzene rings is 3. The predicted octanol–water partition coefficient (Wildman–Crippen LogP) is 5.78. The van der Waals surface area contributed by atoms with Crippen LogP contribution in [0.25, 0.3) is 21.8 Å². The Balaban J connectivity index is 1.72. The molecule has 3 aromatic carbocycles. The summed E-state index contributed by atoms with van der Waals surface area (Å²) >= 11 is 0. The monoisotopic (exact) mass is 454 g/mol. The Kier molecular flexibility index (Phi) is 5.95. The second-order valence-corrected chi connectivity index (χ2v) is 7.98. The molecule has 0 bridgehead atoms. The SMILES string of the molecule is CCOC(=O)COc1c(OC)cccc1C(c1c[nH]c2ccccc12)c1c[nH]c2ccccc12. The van der Waals surface area contributed by atoms with Gasteiger partial charge in [-0.1, -0.05) is 48.5 Å². The summed E-state index contributed by atoms with van der Waals surface area (Å²) in [6, 6.07) is 22.3. The number of aromatic nitrogens is 2. The van der Waals surface area contributed by atoms with E-state index in [0.717, 1.165) is 38.5 Å². The van der Waals surface area contributed by atoms with Crippen molar-refractivity contribution in [3.63, 3.8) is 0 Å². The van der Waals surface area contributed by atoms with E-state index in [1.807, 2.05) is 54.9 Å². The van der Waals surface area contributed by atoms with Gasteiger partial charge in [-0.15, -0.1) is 0 Å². The standard InChI is InChI=1S/C28H26N2O4/c1-3-33-26(31)17-34-28-20(11-8-14-25(28)32-2)27(21-15-29-23-12-6-4-9-18(21)23)22-16-30-24-13-7-5-10-19(22)24/h4-16,27,29-30H,3,17H2,1-2H3. The quantitative estimate of drug-likeness (QED) is 0.292. The molecule has 2 aromatic heterocycles. The summed E-state index contributed by atoms with van der Waals surface area (Å²) in [6.45, 7) is 1.88. The van der Waals surface area contributed by atoms with E-state index in [4.69, 9.17) is 14.2 Å². The fourth-order valence-corrected chi connectivity index (χ4v) is 4.58. The molecule has 0 fully saturated rings. The molecule has 6 heteroatoms. The highest BCUT2D eigenvalue weighted by Gasteiger charge is 2.28. The van der Waals surface area contributed by atoms with Gasteiger partial charge in [0.1, 0.15) is 0 Å². The molecule has 0 atom stereocenters. The Morgan fingerprint density at radius 1 is 0.824 bits per heavy atom. The van der Waals surface area contributed by atoms with Crippen LogP contribution in [0.2, 0.25) is 0 Å². The Labute approximate surface area is 197 Å². The lowest BCUT2D eigenvalue weighted by Gasteiger charge is -2.22. The van der Waals surface area contributed by atoms with Crippen LogP contribution < -0.4 is 9.47 Å².